The molecule has 4 rings (SSSR count). The van der Waals surface area contributed by atoms with E-state index in [9.17, 15) is 40.9 Å². The number of hydrogen-bond donors (Lipinski definition) is 8. The van der Waals surface area contributed by atoms with Gasteiger partial charge in [0.2, 0.25) is 0 Å². The molecule has 0 fully saturated rings. The average Bonchev–Trinajstić information content (AvgIpc) is 3.14. The summed E-state index contributed by atoms with van der Waals surface area (Å²) < 4.78 is 16.5. The Bertz CT molecular complexity index is 1940. The van der Waals surface area contributed by atoms with E-state index in [-0.39, 0.29) is 89.3 Å². The number of aromatic hydroxyl groups is 8. The second kappa shape index (κ2) is 24.4. The van der Waals surface area contributed by atoms with Crippen LogP contribution in [0.15, 0.2) is 48.5 Å². The van der Waals surface area contributed by atoms with Gasteiger partial charge < -0.3 is 40.9 Å². The van der Waals surface area contributed by atoms with Crippen LogP contribution in [-0.4, -0.2) is 40.9 Å². The molecule has 0 saturated carbocycles. The molecule has 0 aliphatic heterocycles. The zero-order valence-corrected chi connectivity index (χ0v) is 49.8. The molecule has 0 amide bonds. The van der Waals surface area contributed by atoms with E-state index in [4.69, 9.17) is 6.80 Å². The third kappa shape index (κ3) is 19.9. The Morgan fingerprint density at radius 2 is 0.353 bits per heavy atom. The van der Waals surface area contributed by atoms with Crippen LogP contribution in [0.1, 0.15) is 211 Å². The number of benzene rings is 4. The van der Waals surface area contributed by atoms with Gasteiger partial charge in [-0.1, -0.05) is 190 Å². The fourth-order valence-electron chi connectivity index (χ4n) is 6.50. The van der Waals surface area contributed by atoms with E-state index in [0.29, 0.717) is 39.6 Å². The van der Waals surface area contributed by atoms with Gasteiger partial charge in [0.1, 0.15) is 0 Å². The molecule has 4 aromatic rings. The van der Waals surface area contributed by atoms with Gasteiger partial charge in [-0.15, -0.1) is 0 Å². The standard InChI is InChI=1S/4C14H22O2.2Mo.2O/c4*1-13(2,3)9-7-10(14(4,5)6)12(16)11(15)8-9;;;;/h4*7-8,15-16H,1-6H3;;;;. The van der Waals surface area contributed by atoms with Gasteiger partial charge in [-0.3, -0.25) is 0 Å². The third-order valence-electron chi connectivity index (χ3n) is 11.1. The number of phenols is 8. The van der Waals surface area contributed by atoms with E-state index in [1.807, 2.05) is 107 Å². The van der Waals surface area contributed by atoms with Gasteiger partial charge >= 0.3 is 46.3 Å². The van der Waals surface area contributed by atoms with Gasteiger partial charge in [0.05, 0.1) is 0 Å². The van der Waals surface area contributed by atoms with Crippen molar-refractivity contribution < 1.29 is 87.2 Å². The Hall–Kier alpha value is -3.74. The summed E-state index contributed by atoms with van der Waals surface area (Å²) >= 11 is 1.40. The van der Waals surface area contributed by atoms with E-state index in [1.54, 1.807) is 24.3 Å². The molecule has 0 spiro atoms. The first-order valence-corrected chi connectivity index (χ1v) is 24.4. The normalized spacial score (nSPS) is 12.2. The van der Waals surface area contributed by atoms with Crippen LogP contribution in [0, 0.1) is 0 Å². The van der Waals surface area contributed by atoms with E-state index in [0.717, 1.165) is 44.5 Å². The van der Waals surface area contributed by atoms with Crippen LogP contribution in [0.3, 0.4) is 0 Å². The summed E-state index contributed by atoms with van der Waals surface area (Å²) in [5, 5.41) is 78.5. The topological polar surface area (TPSA) is 196 Å². The molecule has 0 saturated heterocycles. The summed E-state index contributed by atoms with van der Waals surface area (Å²) in [6.45, 7) is 49.3. The number of phenolic OH excluding ortho intramolecular Hbond substituents is 8. The summed E-state index contributed by atoms with van der Waals surface area (Å²) in [7, 11) is 0. The van der Waals surface area contributed by atoms with Gasteiger partial charge in [0.15, 0.2) is 46.0 Å². The van der Waals surface area contributed by atoms with Gasteiger partial charge in [0, 0.05) is 22.3 Å². The van der Waals surface area contributed by atoms with Crippen molar-refractivity contribution in [2.24, 2.45) is 0 Å². The van der Waals surface area contributed by atoms with Crippen molar-refractivity contribution in [3.05, 3.63) is 93.0 Å². The minimum atomic E-state index is -0.178. The van der Waals surface area contributed by atoms with Crippen LogP contribution >= 0.6 is 0 Å². The van der Waals surface area contributed by atoms with Gasteiger partial charge in [0.25, 0.3) is 0 Å². The second-order valence-electron chi connectivity index (χ2n) is 25.6. The van der Waals surface area contributed by atoms with Crippen molar-refractivity contribution in [2.75, 3.05) is 0 Å². The SMILES string of the molecule is CC(C)(C)c1cc(O)c(O)c(C(C)(C)C)c1.CC(C)(C)c1cc(O)c(O)c(C(C)(C)C)c1.CC(C)(C)c1cc(O)c(O)c(C(C)(C)C)c1.CC(C)(C)c1cc(O)c(O)c(C(C)(C)C)c1.[O]=[Mo].[O]=[Mo]. The molecule has 4 aromatic carbocycles. The van der Waals surface area contributed by atoms with E-state index in [1.165, 1.54) is 0 Å². The van der Waals surface area contributed by atoms with Crippen LogP contribution in [0.5, 0.6) is 46.0 Å². The van der Waals surface area contributed by atoms with Gasteiger partial charge in [-0.25, -0.2) is 0 Å². The monoisotopic (exact) mass is 1120 g/mol. The van der Waals surface area contributed by atoms with Crippen molar-refractivity contribution in [3.8, 4) is 46.0 Å². The summed E-state index contributed by atoms with van der Waals surface area (Å²) in [6.07, 6.45) is 0. The van der Waals surface area contributed by atoms with Crippen molar-refractivity contribution in [3.63, 3.8) is 0 Å². The fraction of sp³-hybridized carbons (Fsp3) is 0.571. The van der Waals surface area contributed by atoms with Crippen LogP contribution in [-0.2, 0) is 89.7 Å². The quantitative estimate of drug-likeness (QED) is 0.0620. The van der Waals surface area contributed by atoms with Crippen LogP contribution in [0.25, 0.3) is 0 Å². The summed E-state index contributed by atoms with van der Waals surface area (Å²) in [6, 6.07) is 14.5. The summed E-state index contributed by atoms with van der Waals surface area (Å²) in [4.78, 5) is 0. The predicted molar refractivity (Wildman–Crippen MR) is 270 cm³/mol. The second-order valence-corrected chi connectivity index (χ2v) is 25.6. The Morgan fingerprint density at radius 3 is 0.441 bits per heavy atom. The molecule has 0 unspecified atom stereocenters. The molecule has 384 valence electrons. The zero-order valence-electron chi connectivity index (χ0n) is 45.8. The molecular formula is C56H88Mo2O10. The van der Waals surface area contributed by atoms with Crippen LogP contribution in [0.4, 0.5) is 0 Å². The molecule has 0 aliphatic carbocycles. The molecule has 0 heterocycles. The van der Waals surface area contributed by atoms with Crippen LogP contribution < -0.4 is 0 Å². The fourth-order valence-corrected chi connectivity index (χ4v) is 6.50. The summed E-state index contributed by atoms with van der Waals surface area (Å²) in [5.74, 6) is -0.119. The van der Waals surface area contributed by atoms with Crippen molar-refractivity contribution in [2.45, 2.75) is 209 Å². The maximum absolute atomic E-state index is 9.87. The Labute approximate surface area is 433 Å². The van der Waals surface area contributed by atoms with Gasteiger partial charge in [-0.05, 0) is 89.8 Å². The molecule has 12 heteroatoms. The summed E-state index contributed by atoms with van der Waals surface area (Å²) in [5.41, 5.74) is 6.44. The van der Waals surface area contributed by atoms with Crippen molar-refractivity contribution in [1.29, 1.82) is 0 Å². The van der Waals surface area contributed by atoms with E-state index in [2.05, 4.69) is 83.1 Å². The molecule has 8 N–H and O–H groups in total. The zero-order chi connectivity index (χ0) is 54.9. The number of hydrogen-bond acceptors (Lipinski definition) is 10. The molecule has 0 atom stereocenters. The Balaban J connectivity index is 0. The molecule has 10 nitrogen and oxygen atoms in total. The molecular weight excluding hydrogens is 1020 g/mol. The van der Waals surface area contributed by atoms with E-state index >= 15 is 0 Å². The first kappa shape index (κ1) is 66.3. The Kier molecular flexibility index (Phi) is 23.8. The van der Waals surface area contributed by atoms with Crippen LogP contribution in [0.2, 0.25) is 0 Å². The van der Waals surface area contributed by atoms with Crippen molar-refractivity contribution >= 4 is 0 Å². The molecule has 0 aromatic heterocycles. The first-order chi connectivity index (χ1) is 30.1. The van der Waals surface area contributed by atoms with E-state index < -0.39 is 0 Å². The van der Waals surface area contributed by atoms with Gasteiger partial charge in [-0.2, -0.15) is 0 Å². The van der Waals surface area contributed by atoms with Crippen molar-refractivity contribution in [1.82, 2.24) is 0 Å². The molecule has 68 heavy (non-hydrogen) atoms. The minimum absolute atomic E-state index is 0.000463. The Morgan fingerprint density at radius 1 is 0.235 bits per heavy atom. The first-order valence-electron chi connectivity index (χ1n) is 22.7. The molecule has 0 radical (unpaired) electrons. The molecule has 0 aliphatic rings. The average molecular weight is 1110 g/mol. The predicted octanol–water partition coefficient (Wildman–Crippen LogP) is 14.5. The maximum atomic E-state index is 9.87. The number of rotatable bonds is 0. The molecule has 0 bridgehead atoms. The third-order valence-corrected chi connectivity index (χ3v) is 11.1.